The van der Waals surface area contributed by atoms with E-state index in [9.17, 15) is 5.26 Å². The monoisotopic (exact) mass is 404 g/mol. The number of likely N-dealkylation sites (tertiary alicyclic amines) is 1. The molecule has 3 aromatic rings. The lowest BCUT2D eigenvalue weighted by Gasteiger charge is -2.36. The Morgan fingerprint density at radius 1 is 1.07 bits per heavy atom. The third-order valence-corrected chi connectivity index (χ3v) is 6.96. The first-order valence-electron chi connectivity index (χ1n) is 10.9. The summed E-state index contributed by atoms with van der Waals surface area (Å²) < 4.78 is 9.51. The van der Waals surface area contributed by atoms with Crippen molar-refractivity contribution in [3.8, 4) is 22.9 Å². The smallest absolute Gasteiger partial charge is 0.146 e. The second-order valence-electron chi connectivity index (χ2n) is 8.55. The molecule has 156 valence electrons. The molecule has 1 saturated carbocycles. The summed E-state index contributed by atoms with van der Waals surface area (Å²) in [6, 6.07) is 5.43. The number of rotatable bonds is 4. The topological polar surface area (TPSA) is 71.4 Å². The molecule has 0 radical (unpaired) electrons. The molecular formula is C23H28N6O. The first kappa shape index (κ1) is 19.1. The van der Waals surface area contributed by atoms with Crippen LogP contribution in [-0.4, -0.2) is 50.5 Å². The molecule has 7 heteroatoms. The fraction of sp³-hybridized carbons (Fsp3) is 0.522. The lowest BCUT2D eigenvalue weighted by Crippen LogP contribution is -2.40. The van der Waals surface area contributed by atoms with Crippen LogP contribution in [0.5, 0.6) is 5.75 Å². The molecule has 5 rings (SSSR count). The van der Waals surface area contributed by atoms with Gasteiger partial charge in [0.2, 0.25) is 0 Å². The molecule has 4 heterocycles. The highest BCUT2D eigenvalue weighted by molar-refractivity contribution is 5.75. The van der Waals surface area contributed by atoms with Gasteiger partial charge in [-0.2, -0.15) is 15.5 Å². The van der Waals surface area contributed by atoms with Gasteiger partial charge < -0.3 is 9.64 Å². The molecule has 1 saturated heterocycles. The molecule has 0 bridgehead atoms. The van der Waals surface area contributed by atoms with Crippen LogP contribution in [0.3, 0.4) is 0 Å². The van der Waals surface area contributed by atoms with Gasteiger partial charge in [0.05, 0.1) is 25.5 Å². The van der Waals surface area contributed by atoms with Crippen LogP contribution in [0.15, 0.2) is 24.7 Å². The van der Waals surface area contributed by atoms with Crippen LogP contribution in [0.25, 0.3) is 16.6 Å². The summed E-state index contributed by atoms with van der Waals surface area (Å²) in [5.74, 6) is 0.651. The minimum atomic E-state index is 0.455. The van der Waals surface area contributed by atoms with Crippen LogP contribution in [0.1, 0.15) is 55.8 Å². The predicted molar refractivity (Wildman–Crippen MR) is 115 cm³/mol. The van der Waals surface area contributed by atoms with Gasteiger partial charge in [0.25, 0.3) is 0 Å². The van der Waals surface area contributed by atoms with Gasteiger partial charge in [-0.25, -0.2) is 4.52 Å². The second-order valence-corrected chi connectivity index (χ2v) is 8.55. The van der Waals surface area contributed by atoms with E-state index in [0.717, 1.165) is 30.0 Å². The van der Waals surface area contributed by atoms with Crippen molar-refractivity contribution in [1.82, 2.24) is 24.3 Å². The third-order valence-electron chi connectivity index (χ3n) is 6.96. The maximum atomic E-state index is 9.33. The van der Waals surface area contributed by atoms with Gasteiger partial charge in [0.1, 0.15) is 22.9 Å². The number of ether oxygens (including phenoxy) is 1. The van der Waals surface area contributed by atoms with Crippen molar-refractivity contribution >= 4 is 5.52 Å². The number of pyridine rings is 1. The molecule has 7 nitrogen and oxygen atoms in total. The normalized spacial score (nSPS) is 18.8. The quantitative estimate of drug-likeness (QED) is 0.658. The number of nitrogens with zero attached hydrogens (tertiary/aromatic N) is 6. The standard InChI is InChI=1S/C23H28N6O/c1-16-21(17-11-22(30-2)23-18(12-24)13-25-28(23)15-17)14-26-29(16)20-7-9-27(10-8-20)19-5-3-4-6-19/h11,13-15,19-20H,3-10H2,1-2H3. The predicted octanol–water partition coefficient (Wildman–Crippen LogP) is 3.97. The largest absolute Gasteiger partial charge is 0.494 e. The molecule has 1 aliphatic carbocycles. The van der Waals surface area contributed by atoms with E-state index in [1.54, 1.807) is 17.8 Å². The molecule has 0 atom stereocenters. The molecular weight excluding hydrogens is 376 g/mol. The number of aromatic nitrogens is 4. The molecule has 0 amide bonds. The highest BCUT2D eigenvalue weighted by Gasteiger charge is 2.29. The molecule has 0 spiro atoms. The van der Waals surface area contributed by atoms with Gasteiger partial charge >= 0.3 is 0 Å². The van der Waals surface area contributed by atoms with Gasteiger partial charge in [-0.15, -0.1) is 0 Å². The highest BCUT2D eigenvalue weighted by atomic mass is 16.5. The summed E-state index contributed by atoms with van der Waals surface area (Å²) in [6.07, 6.45) is 13.3. The first-order chi connectivity index (χ1) is 14.7. The summed E-state index contributed by atoms with van der Waals surface area (Å²) in [5, 5.41) is 18.4. The molecule has 0 unspecified atom stereocenters. The number of nitriles is 1. The lowest BCUT2D eigenvalue weighted by atomic mass is 10.0. The zero-order valence-corrected chi connectivity index (χ0v) is 17.7. The van der Waals surface area contributed by atoms with E-state index in [1.807, 2.05) is 18.5 Å². The molecule has 30 heavy (non-hydrogen) atoms. The van der Waals surface area contributed by atoms with Gasteiger partial charge in [0, 0.05) is 42.1 Å². The van der Waals surface area contributed by atoms with Crippen molar-refractivity contribution in [3.05, 3.63) is 35.9 Å². The molecule has 0 N–H and O–H groups in total. The Hall–Kier alpha value is -2.85. The fourth-order valence-corrected chi connectivity index (χ4v) is 5.31. The number of hydrogen-bond acceptors (Lipinski definition) is 5. The zero-order valence-electron chi connectivity index (χ0n) is 17.7. The second kappa shape index (κ2) is 7.77. The minimum absolute atomic E-state index is 0.455. The summed E-state index contributed by atoms with van der Waals surface area (Å²) >= 11 is 0. The fourth-order valence-electron chi connectivity index (χ4n) is 5.31. The van der Waals surface area contributed by atoms with Crippen molar-refractivity contribution in [2.24, 2.45) is 0 Å². The van der Waals surface area contributed by atoms with Gasteiger partial charge in [-0.1, -0.05) is 12.8 Å². The summed E-state index contributed by atoms with van der Waals surface area (Å²) in [5.41, 5.74) is 4.47. The number of piperidine rings is 1. The van der Waals surface area contributed by atoms with Crippen molar-refractivity contribution in [2.45, 2.75) is 57.5 Å². The van der Waals surface area contributed by atoms with Crippen LogP contribution >= 0.6 is 0 Å². The summed E-state index contributed by atoms with van der Waals surface area (Å²) in [7, 11) is 1.63. The maximum absolute atomic E-state index is 9.33. The van der Waals surface area contributed by atoms with Crippen molar-refractivity contribution < 1.29 is 4.74 Å². The number of fused-ring (bicyclic) bond motifs is 1. The molecule has 0 aromatic carbocycles. The summed E-state index contributed by atoms with van der Waals surface area (Å²) in [6.45, 7) is 4.49. The average Bonchev–Trinajstić information content (AvgIpc) is 3.53. The van der Waals surface area contributed by atoms with Crippen LogP contribution in [0, 0.1) is 18.3 Å². The summed E-state index contributed by atoms with van der Waals surface area (Å²) in [4.78, 5) is 2.70. The van der Waals surface area contributed by atoms with Crippen LogP contribution in [0.2, 0.25) is 0 Å². The Balaban J connectivity index is 1.41. The van der Waals surface area contributed by atoms with E-state index in [0.29, 0.717) is 22.9 Å². The Kier molecular flexibility index (Phi) is 4.95. The SMILES string of the molecule is COc1cc(-c2cnn(C3CCN(C4CCCC4)CC3)c2C)cn2ncc(C#N)c12. The number of methoxy groups -OCH3 is 1. The first-order valence-corrected chi connectivity index (χ1v) is 10.9. The van der Waals surface area contributed by atoms with Crippen LogP contribution < -0.4 is 4.74 Å². The maximum Gasteiger partial charge on any atom is 0.146 e. The lowest BCUT2D eigenvalue weighted by molar-refractivity contribution is 0.131. The van der Waals surface area contributed by atoms with Gasteiger partial charge in [-0.05, 0) is 38.7 Å². The van der Waals surface area contributed by atoms with E-state index >= 15 is 0 Å². The Morgan fingerprint density at radius 3 is 2.53 bits per heavy atom. The van der Waals surface area contributed by atoms with Crippen LogP contribution in [-0.2, 0) is 0 Å². The average molecular weight is 405 g/mol. The zero-order chi connectivity index (χ0) is 20.7. The van der Waals surface area contributed by atoms with Crippen molar-refractivity contribution in [3.63, 3.8) is 0 Å². The van der Waals surface area contributed by atoms with E-state index in [2.05, 4.69) is 27.7 Å². The van der Waals surface area contributed by atoms with E-state index in [4.69, 9.17) is 9.84 Å². The number of hydrogen-bond donors (Lipinski definition) is 0. The van der Waals surface area contributed by atoms with E-state index < -0.39 is 0 Å². The molecule has 2 aliphatic rings. The Labute approximate surface area is 176 Å². The van der Waals surface area contributed by atoms with Gasteiger partial charge in [-0.3, -0.25) is 4.68 Å². The molecule has 1 aliphatic heterocycles. The minimum Gasteiger partial charge on any atom is -0.494 e. The van der Waals surface area contributed by atoms with E-state index in [-0.39, 0.29) is 0 Å². The third kappa shape index (κ3) is 3.16. The van der Waals surface area contributed by atoms with E-state index in [1.165, 1.54) is 44.5 Å². The highest BCUT2D eigenvalue weighted by Crippen LogP contribution is 2.34. The molecule has 3 aromatic heterocycles. The van der Waals surface area contributed by atoms with Crippen molar-refractivity contribution in [1.29, 1.82) is 5.26 Å². The Morgan fingerprint density at radius 2 is 1.83 bits per heavy atom. The van der Waals surface area contributed by atoms with Gasteiger partial charge in [0.15, 0.2) is 0 Å². The van der Waals surface area contributed by atoms with Crippen molar-refractivity contribution in [2.75, 3.05) is 20.2 Å². The molecule has 2 fully saturated rings. The van der Waals surface area contributed by atoms with Crippen LogP contribution in [0.4, 0.5) is 0 Å². The Bertz CT molecular complexity index is 1090.